The third-order valence-electron chi connectivity index (χ3n) is 2.15. The SMILES string of the molecule is O=C(O)c1ccc[c]c1-c1ccccc1. The Bertz CT molecular complexity index is 475. The Kier molecular flexibility index (Phi) is 2.50. The van der Waals surface area contributed by atoms with Crippen LogP contribution in [0.3, 0.4) is 0 Å². The van der Waals surface area contributed by atoms with E-state index in [0.29, 0.717) is 5.56 Å². The van der Waals surface area contributed by atoms with E-state index >= 15 is 0 Å². The summed E-state index contributed by atoms with van der Waals surface area (Å²) in [5.41, 5.74) is 1.78. The first-order valence-electron chi connectivity index (χ1n) is 4.58. The van der Waals surface area contributed by atoms with Gasteiger partial charge < -0.3 is 5.11 Å². The van der Waals surface area contributed by atoms with Crippen molar-refractivity contribution in [3.05, 3.63) is 60.2 Å². The van der Waals surface area contributed by atoms with Crippen LogP contribution in [0.15, 0.2) is 48.5 Å². The average molecular weight is 197 g/mol. The molecule has 2 aromatic rings. The van der Waals surface area contributed by atoms with Crippen LogP contribution in [0.25, 0.3) is 11.1 Å². The highest BCUT2D eigenvalue weighted by Crippen LogP contribution is 2.22. The van der Waals surface area contributed by atoms with Gasteiger partial charge in [0.2, 0.25) is 0 Å². The third-order valence-corrected chi connectivity index (χ3v) is 2.15. The fraction of sp³-hybridized carbons (Fsp3) is 0. The second kappa shape index (κ2) is 3.96. The summed E-state index contributed by atoms with van der Waals surface area (Å²) in [6, 6.07) is 17.3. The van der Waals surface area contributed by atoms with Crippen LogP contribution in [0.1, 0.15) is 10.4 Å². The Morgan fingerprint density at radius 3 is 2.47 bits per heavy atom. The summed E-state index contributed by atoms with van der Waals surface area (Å²) >= 11 is 0. The molecule has 2 heteroatoms. The van der Waals surface area contributed by atoms with Crippen LogP contribution in [0.4, 0.5) is 0 Å². The van der Waals surface area contributed by atoms with E-state index in [1.807, 2.05) is 30.3 Å². The van der Waals surface area contributed by atoms with Crippen molar-refractivity contribution in [3.63, 3.8) is 0 Å². The van der Waals surface area contributed by atoms with Gasteiger partial charge in [-0.15, -0.1) is 0 Å². The Labute approximate surface area is 87.8 Å². The molecular weight excluding hydrogens is 188 g/mol. The lowest BCUT2D eigenvalue weighted by atomic mass is 10.00. The standard InChI is InChI=1S/C13H9O2/c14-13(15)12-9-5-4-8-11(12)10-6-2-1-3-7-10/h1-7,9H,(H,14,15). The van der Waals surface area contributed by atoms with E-state index in [2.05, 4.69) is 6.07 Å². The van der Waals surface area contributed by atoms with Crippen molar-refractivity contribution in [2.24, 2.45) is 0 Å². The number of hydrogen-bond acceptors (Lipinski definition) is 1. The molecule has 0 saturated heterocycles. The highest BCUT2D eigenvalue weighted by atomic mass is 16.4. The lowest BCUT2D eigenvalue weighted by molar-refractivity contribution is 0.0697. The Morgan fingerprint density at radius 1 is 1.07 bits per heavy atom. The van der Waals surface area contributed by atoms with Crippen molar-refractivity contribution in [3.8, 4) is 11.1 Å². The second-order valence-corrected chi connectivity index (χ2v) is 3.13. The van der Waals surface area contributed by atoms with E-state index in [-0.39, 0.29) is 5.56 Å². The van der Waals surface area contributed by atoms with Gasteiger partial charge in [-0.05, 0) is 17.7 Å². The minimum Gasteiger partial charge on any atom is -0.478 e. The van der Waals surface area contributed by atoms with E-state index in [9.17, 15) is 4.79 Å². The van der Waals surface area contributed by atoms with Crippen LogP contribution in [-0.2, 0) is 0 Å². The van der Waals surface area contributed by atoms with Gasteiger partial charge in [-0.25, -0.2) is 4.79 Å². The first-order chi connectivity index (χ1) is 7.29. The van der Waals surface area contributed by atoms with E-state index < -0.39 is 5.97 Å². The molecule has 1 N–H and O–H groups in total. The zero-order valence-corrected chi connectivity index (χ0v) is 7.97. The zero-order chi connectivity index (χ0) is 10.7. The van der Waals surface area contributed by atoms with E-state index in [1.54, 1.807) is 18.2 Å². The number of carbonyl (C=O) groups is 1. The molecular formula is C13H9O2. The van der Waals surface area contributed by atoms with Crippen molar-refractivity contribution in [1.82, 2.24) is 0 Å². The lowest BCUT2D eigenvalue weighted by Crippen LogP contribution is -1.98. The average Bonchev–Trinajstić information content (AvgIpc) is 2.30. The molecule has 0 fully saturated rings. The molecule has 2 rings (SSSR count). The maximum absolute atomic E-state index is 11.0. The van der Waals surface area contributed by atoms with Crippen molar-refractivity contribution in [2.45, 2.75) is 0 Å². The first kappa shape index (κ1) is 9.46. The summed E-state index contributed by atoms with van der Waals surface area (Å²) in [7, 11) is 0. The number of carboxylic acids is 1. The summed E-state index contributed by atoms with van der Waals surface area (Å²) in [5.74, 6) is -0.925. The molecule has 0 atom stereocenters. The van der Waals surface area contributed by atoms with Gasteiger partial charge in [0.15, 0.2) is 0 Å². The Balaban J connectivity index is 2.58. The van der Waals surface area contributed by atoms with Gasteiger partial charge in [0, 0.05) is 5.56 Å². The molecule has 0 aliphatic rings. The Hall–Kier alpha value is -2.09. The summed E-state index contributed by atoms with van der Waals surface area (Å²) < 4.78 is 0. The van der Waals surface area contributed by atoms with Gasteiger partial charge in [0.1, 0.15) is 0 Å². The molecule has 1 radical (unpaired) electrons. The summed E-state index contributed by atoms with van der Waals surface area (Å²) in [6.45, 7) is 0. The third kappa shape index (κ3) is 1.89. The number of aromatic carboxylic acids is 1. The molecule has 0 saturated carbocycles. The van der Waals surface area contributed by atoms with Crippen LogP contribution >= 0.6 is 0 Å². The monoisotopic (exact) mass is 197 g/mol. The summed E-state index contributed by atoms with van der Waals surface area (Å²) in [5, 5.41) is 9.01. The fourth-order valence-electron chi connectivity index (χ4n) is 1.46. The fourth-order valence-corrected chi connectivity index (χ4v) is 1.46. The normalized spacial score (nSPS) is 9.87. The van der Waals surface area contributed by atoms with Crippen LogP contribution in [-0.4, -0.2) is 11.1 Å². The van der Waals surface area contributed by atoms with Gasteiger partial charge in [0.05, 0.1) is 5.56 Å². The molecule has 0 aromatic heterocycles. The molecule has 0 unspecified atom stereocenters. The smallest absolute Gasteiger partial charge is 0.336 e. The molecule has 2 aromatic carbocycles. The number of carboxylic acid groups (broad SMARTS) is 1. The van der Waals surface area contributed by atoms with Gasteiger partial charge in [-0.1, -0.05) is 42.5 Å². The molecule has 0 bridgehead atoms. The summed E-state index contributed by atoms with van der Waals surface area (Å²) in [4.78, 5) is 11.0. The maximum Gasteiger partial charge on any atom is 0.336 e. The molecule has 73 valence electrons. The first-order valence-corrected chi connectivity index (χ1v) is 4.58. The number of rotatable bonds is 2. The van der Waals surface area contributed by atoms with Crippen molar-refractivity contribution >= 4 is 5.97 Å². The van der Waals surface area contributed by atoms with Crippen LogP contribution in [0, 0.1) is 6.07 Å². The second-order valence-electron chi connectivity index (χ2n) is 3.13. The van der Waals surface area contributed by atoms with E-state index in [1.165, 1.54) is 0 Å². The highest BCUT2D eigenvalue weighted by molar-refractivity contribution is 5.95. The number of benzene rings is 2. The van der Waals surface area contributed by atoms with Crippen molar-refractivity contribution < 1.29 is 9.90 Å². The van der Waals surface area contributed by atoms with Gasteiger partial charge in [0.25, 0.3) is 0 Å². The molecule has 0 aliphatic carbocycles. The molecule has 2 nitrogen and oxygen atoms in total. The van der Waals surface area contributed by atoms with Gasteiger partial charge in [-0.3, -0.25) is 0 Å². The van der Waals surface area contributed by atoms with E-state index in [0.717, 1.165) is 5.56 Å². The summed E-state index contributed by atoms with van der Waals surface area (Å²) in [6.07, 6.45) is 0. The minimum absolute atomic E-state index is 0.281. The molecule has 15 heavy (non-hydrogen) atoms. The van der Waals surface area contributed by atoms with Crippen molar-refractivity contribution in [1.29, 1.82) is 0 Å². The van der Waals surface area contributed by atoms with Crippen LogP contribution < -0.4 is 0 Å². The highest BCUT2D eigenvalue weighted by Gasteiger charge is 2.09. The van der Waals surface area contributed by atoms with Gasteiger partial charge >= 0.3 is 5.97 Å². The predicted octanol–water partition coefficient (Wildman–Crippen LogP) is 2.85. The maximum atomic E-state index is 11.0. The van der Waals surface area contributed by atoms with Crippen molar-refractivity contribution in [2.75, 3.05) is 0 Å². The van der Waals surface area contributed by atoms with E-state index in [4.69, 9.17) is 5.11 Å². The number of hydrogen-bond donors (Lipinski definition) is 1. The molecule has 0 aliphatic heterocycles. The largest absolute Gasteiger partial charge is 0.478 e. The minimum atomic E-state index is -0.925. The predicted molar refractivity (Wildman–Crippen MR) is 57.7 cm³/mol. The van der Waals surface area contributed by atoms with Crippen LogP contribution in [0.5, 0.6) is 0 Å². The topological polar surface area (TPSA) is 37.3 Å². The van der Waals surface area contributed by atoms with Gasteiger partial charge in [-0.2, -0.15) is 0 Å². The molecule has 0 heterocycles. The van der Waals surface area contributed by atoms with Crippen LogP contribution in [0.2, 0.25) is 0 Å². The lowest BCUT2D eigenvalue weighted by Gasteiger charge is -2.04. The quantitative estimate of drug-likeness (QED) is 0.803. The zero-order valence-electron chi connectivity index (χ0n) is 7.97. The molecule has 0 amide bonds. The Morgan fingerprint density at radius 2 is 1.80 bits per heavy atom. The molecule has 0 spiro atoms.